The van der Waals surface area contributed by atoms with E-state index in [1.54, 1.807) is 0 Å². The molecule has 2 rings (SSSR count). The predicted octanol–water partition coefficient (Wildman–Crippen LogP) is 0.451. The minimum absolute atomic E-state index is 0.0532. The van der Waals surface area contributed by atoms with Gasteiger partial charge in [0.25, 0.3) is 5.92 Å². The van der Waals surface area contributed by atoms with E-state index in [1.165, 1.54) is 0 Å². The molecule has 1 spiro atoms. The summed E-state index contributed by atoms with van der Waals surface area (Å²) >= 11 is 0. The lowest BCUT2D eigenvalue weighted by atomic mass is 9.64. The Morgan fingerprint density at radius 1 is 1.31 bits per heavy atom. The Bertz CT molecular complexity index is 257. The van der Waals surface area contributed by atoms with Crippen LogP contribution >= 0.6 is 0 Å². The molecule has 0 bridgehead atoms. The number of carboxylic acid groups (broad SMARTS) is 1. The summed E-state index contributed by atoms with van der Waals surface area (Å²) in [6, 6.07) is 0. The van der Waals surface area contributed by atoms with Gasteiger partial charge in [-0.1, -0.05) is 0 Å². The van der Waals surface area contributed by atoms with Gasteiger partial charge in [0.1, 0.15) is 6.09 Å². The van der Waals surface area contributed by atoms with Gasteiger partial charge in [0, 0.05) is 19.5 Å². The van der Waals surface area contributed by atoms with Gasteiger partial charge in [0.15, 0.2) is 0 Å². The minimum atomic E-state index is -2.67. The Kier molecular flexibility index (Phi) is 1.56. The summed E-state index contributed by atoms with van der Waals surface area (Å²) in [4.78, 5) is 11.4. The first-order chi connectivity index (χ1) is 5.97. The average Bonchev–Trinajstić information content (AvgIpc) is 2.49. The van der Waals surface area contributed by atoms with Crippen LogP contribution in [0, 0.1) is 5.41 Å². The molecule has 1 saturated carbocycles. The number of carbonyl (C=O) groups is 1. The Labute approximate surface area is 74.3 Å². The molecule has 0 radical (unpaired) electrons. The SMILES string of the molecule is O=C([O-])N1CCC2(CCC2(F)F)C1. The molecule has 0 aromatic heterocycles. The van der Waals surface area contributed by atoms with Crippen molar-refractivity contribution in [3.8, 4) is 0 Å². The van der Waals surface area contributed by atoms with Crippen molar-refractivity contribution in [2.45, 2.75) is 25.2 Å². The zero-order valence-electron chi connectivity index (χ0n) is 7.06. The van der Waals surface area contributed by atoms with Gasteiger partial charge in [-0.25, -0.2) is 8.78 Å². The van der Waals surface area contributed by atoms with Crippen LogP contribution in [0.5, 0.6) is 0 Å². The van der Waals surface area contributed by atoms with E-state index in [-0.39, 0.29) is 25.9 Å². The lowest BCUT2D eigenvalue weighted by molar-refractivity contribution is -0.266. The fraction of sp³-hybridized carbons (Fsp3) is 0.875. The third-order valence-electron chi connectivity index (χ3n) is 3.31. The van der Waals surface area contributed by atoms with Gasteiger partial charge >= 0.3 is 0 Å². The molecule has 1 amide bonds. The molecule has 3 nitrogen and oxygen atoms in total. The monoisotopic (exact) mass is 190 g/mol. The zero-order valence-corrected chi connectivity index (χ0v) is 7.06. The van der Waals surface area contributed by atoms with Crippen LogP contribution < -0.4 is 5.11 Å². The maximum absolute atomic E-state index is 13.1. The van der Waals surface area contributed by atoms with Crippen molar-refractivity contribution in [1.82, 2.24) is 4.90 Å². The molecule has 2 fully saturated rings. The van der Waals surface area contributed by atoms with Gasteiger partial charge in [-0.2, -0.15) is 0 Å². The quantitative estimate of drug-likeness (QED) is 0.556. The molecular formula is C8H10F2NO2-. The molecule has 1 atom stereocenters. The summed E-state index contributed by atoms with van der Waals surface area (Å²) in [5.74, 6) is -2.67. The molecule has 0 aromatic carbocycles. The molecule has 1 aliphatic carbocycles. The molecular weight excluding hydrogens is 180 g/mol. The van der Waals surface area contributed by atoms with Crippen molar-refractivity contribution >= 4 is 6.09 Å². The summed E-state index contributed by atoms with van der Waals surface area (Å²) in [5.41, 5.74) is -1.06. The highest BCUT2D eigenvalue weighted by Crippen LogP contribution is 2.58. The molecule has 74 valence electrons. The fourth-order valence-electron chi connectivity index (χ4n) is 2.20. The van der Waals surface area contributed by atoms with Crippen molar-refractivity contribution in [2.75, 3.05) is 13.1 Å². The minimum Gasteiger partial charge on any atom is -0.530 e. The first-order valence-electron chi connectivity index (χ1n) is 4.31. The van der Waals surface area contributed by atoms with E-state index in [0.717, 1.165) is 4.90 Å². The Morgan fingerprint density at radius 3 is 2.23 bits per heavy atom. The van der Waals surface area contributed by atoms with Crippen LogP contribution in [0.4, 0.5) is 13.6 Å². The van der Waals surface area contributed by atoms with Gasteiger partial charge in [-0.05, 0) is 12.8 Å². The first-order valence-corrected chi connectivity index (χ1v) is 4.31. The first kappa shape index (κ1) is 8.72. The van der Waals surface area contributed by atoms with E-state index >= 15 is 0 Å². The number of likely N-dealkylation sites (tertiary alicyclic amines) is 1. The van der Waals surface area contributed by atoms with E-state index in [1.807, 2.05) is 0 Å². The standard InChI is InChI=1S/C8H11F2NO2/c9-8(10)2-1-7(8)3-4-11(5-7)6(12)13/h1-5H2,(H,12,13)/p-1. The second kappa shape index (κ2) is 2.33. The molecule has 2 aliphatic rings. The number of hydrogen-bond donors (Lipinski definition) is 0. The van der Waals surface area contributed by atoms with Crippen LogP contribution in [0.2, 0.25) is 0 Å². The smallest absolute Gasteiger partial charge is 0.255 e. The van der Waals surface area contributed by atoms with E-state index < -0.39 is 17.4 Å². The normalized spacial score (nSPS) is 36.3. The van der Waals surface area contributed by atoms with Crippen molar-refractivity contribution in [1.29, 1.82) is 0 Å². The van der Waals surface area contributed by atoms with E-state index in [2.05, 4.69) is 0 Å². The zero-order chi connectivity index (χ0) is 9.69. The van der Waals surface area contributed by atoms with Crippen LogP contribution in [0.3, 0.4) is 0 Å². The van der Waals surface area contributed by atoms with Crippen LogP contribution in [-0.4, -0.2) is 30.0 Å². The summed E-state index contributed by atoms with van der Waals surface area (Å²) in [7, 11) is 0. The van der Waals surface area contributed by atoms with Crippen molar-refractivity contribution in [3.05, 3.63) is 0 Å². The number of halogens is 2. The summed E-state index contributed by atoms with van der Waals surface area (Å²) in [6.45, 7) is 0.139. The third kappa shape index (κ3) is 1.02. The molecule has 1 unspecified atom stereocenters. The van der Waals surface area contributed by atoms with E-state index in [0.29, 0.717) is 6.42 Å². The number of carbonyl (C=O) groups excluding carboxylic acids is 1. The van der Waals surface area contributed by atoms with Gasteiger partial charge in [0.05, 0.1) is 5.41 Å². The molecule has 5 heteroatoms. The molecule has 1 saturated heterocycles. The largest absolute Gasteiger partial charge is 0.530 e. The highest BCUT2D eigenvalue weighted by atomic mass is 19.3. The predicted molar refractivity (Wildman–Crippen MR) is 38.2 cm³/mol. The number of alkyl halides is 2. The fourth-order valence-corrected chi connectivity index (χ4v) is 2.20. The Balaban J connectivity index is 2.09. The van der Waals surface area contributed by atoms with Crippen molar-refractivity contribution < 1.29 is 18.7 Å². The topological polar surface area (TPSA) is 43.4 Å². The van der Waals surface area contributed by atoms with Crippen LogP contribution in [0.1, 0.15) is 19.3 Å². The summed E-state index contributed by atoms with van der Waals surface area (Å²) in [6.07, 6.45) is -0.731. The van der Waals surface area contributed by atoms with Crippen molar-refractivity contribution in [3.63, 3.8) is 0 Å². The maximum Gasteiger partial charge on any atom is 0.255 e. The lowest BCUT2D eigenvalue weighted by Crippen LogP contribution is -2.53. The highest BCUT2D eigenvalue weighted by molar-refractivity contribution is 5.63. The third-order valence-corrected chi connectivity index (χ3v) is 3.31. The molecule has 0 aromatic rings. The molecule has 1 heterocycles. The number of amides is 1. The molecule has 13 heavy (non-hydrogen) atoms. The summed E-state index contributed by atoms with van der Waals surface area (Å²) < 4.78 is 26.2. The molecule has 1 aliphatic heterocycles. The Morgan fingerprint density at radius 2 is 2.00 bits per heavy atom. The number of hydrogen-bond acceptors (Lipinski definition) is 2. The maximum atomic E-state index is 13.1. The van der Waals surface area contributed by atoms with Gasteiger partial charge in [-0.3, -0.25) is 0 Å². The van der Waals surface area contributed by atoms with Gasteiger partial charge < -0.3 is 14.8 Å². The molecule has 0 N–H and O–H groups in total. The summed E-state index contributed by atoms with van der Waals surface area (Å²) in [5, 5.41) is 10.4. The average molecular weight is 190 g/mol. The Hall–Kier alpha value is -0.870. The second-order valence-corrected chi connectivity index (χ2v) is 3.92. The van der Waals surface area contributed by atoms with Crippen LogP contribution in [0.15, 0.2) is 0 Å². The number of nitrogens with zero attached hydrogens (tertiary/aromatic N) is 1. The van der Waals surface area contributed by atoms with E-state index in [4.69, 9.17) is 0 Å². The van der Waals surface area contributed by atoms with Gasteiger partial charge in [-0.15, -0.1) is 0 Å². The van der Waals surface area contributed by atoms with Crippen LogP contribution in [0.25, 0.3) is 0 Å². The van der Waals surface area contributed by atoms with Crippen molar-refractivity contribution in [2.24, 2.45) is 5.41 Å². The second-order valence-electron chi connectivity index (χ2n) is 3.92. The van der Waals surface area contributed by atoms with Gasteiger partial charge in [0.2, 0.25) is 0 Å². The highest BCUT2D eigenvalue weighted by Gasteiger charge is 2.63. The number of rotatable bonds is 0. The van der Waals surface area contributed by atoms with Crippen LogP contribution in [-0.2, 0) is 0 Å². The van der Waals surface area contributed by atoms with E-state index in [9.17, 15) is 18.7 Å². The lowest BCUT2D eigenvalue weighted by Gasteiger charge is -2.46.